The van der Waals surface area contributed by atoms with Gasteiger partial charge < -0.3 is 19.5 Å². The number of ether oxygens (including phenoxy) is 3. The second-order valence-corrected chi connectivity index (χ2v) is 8.67. The summed E-state index contributed by atoms with van der Waals surface area (Å²) in [7, 11) is 3.08. The summed E-state index contributed by atoms with van der Waals surface area (Å²) in [6, 6.07) is 3.66. The van der Waals surface area contributed by atoms with Crippen molar-refractivity contribution in [3.63, 3.8) is 0 Å². The van der Waals surface area contributed by atoms with Crippen LogP contribution >= 0.6 is 0 Å². The maximum absolute atomic E-state index is 12.9. The van der Waals surface area contributed by atoms with Crippen LogP contribution in [0, 0.1) is 5.92 Å². The molecule has 1 aliphatic rings. The highest BCUT2D eigenvalue weighted by Gasteiger charge is 2.27. The molecule has 0 radical (unpaired) electrons. The maximum atomic E-state index is 12.9. The largest absolute Gasteiger partial charge is 0.493 e. The number of nitrogens with one attached hydrogen (secondary N) is 1. The molecule has 1 aromatic carbocycles. The Balaban J connectivity index is 1.57. The summed E-state index contributed by atoms with van der Waals surface area (Å²) in [6.45, 7) is 8.80. The van der Waals surface area contributed by atoms with E-state index in [-0.39, 0.29) is 11.5 Å². The number of hydrogen-bond acceptors (Lipinski definition) is 7. The van der Waals surface area contributed by atoms with Crippen molar-refractivity contribution in [3.05, 3.63) is 28.8 Å². The Morgan fingerprint density at radius 2 is 1.82 bits per heavy atom. The molecule has 2 aromatic rings. The van der Waals surface area contributed by atoms with Crippen LogP contribution in [-0.4, -0.2) is 73.5 Å². The highest BCUT2D eigenvalue weighted by Crippen LogP contribution is 2.29. The van der Waals surface area contributed by atoms with Crippen molar-refractivity contribution in [2.75, 3.05) is 47.1 Å². The molecule has 1 aliphatic heterocycles. The second-order valence-electron chi connectivity index (χ2n) is 8.67. The van der Waals surface area contributed by atoms with Crippen LogP contribution in [0.5, 0.6) is 11.5 Å². The van der Waals surface area contributed by atoms with E-state index < -0.39 is 0 Å². The minimum absolute atomic E-state index is 0.0115. The molecule has 188 valence electrons. The van der Waals surface area contributed by atoms with E-state index in [2.05, 4.69) is 29.0 Å². The van der Waals surface area contributed by atoms with Gasteiger partial charge >= 0.3 is 0 Å². The second kappa shape index (κ2) is 12.7. The van der Waals surface area contributed by atoms with Crippen molar-refractivity contribution < 1.29 is 19.0 Å². The van der Waals surface area contributed by atoms with E-state index in [1.165, 1.54) is 13.4 Å². The van der Waals surface area contributed by atoms with E-state index in [4.69, 9.17) is 14.2 Å². The van der Waals surface area contributed by atoms with Gasteiger partial charge in [0.1, 0.15) is 0 Å². The number of carbonyl (C=O) groups is 1. The number of morpholine rings is 1. The first kappa shape index (κ1) is 26.0. The van der Waals surface area contributed by atoms with Gasteiger partial charge in [-0.1, -0.05) is 26.7 Å². The summed E-state index contributed by atoms with van der Waals surface area (Å²) in [5.41, 5.74) is 0.389. The van der Waals surface area contributed by atoms with Gasteiger partial charge in [-0.2, -0.15) is 0 Å². The first-order valence-electron chi connectivity index (χ1n) is 12.2. The molecule has 9 heteroatoms. The molecule has 1 atom stereocenters. The Morgan fingerprint density at radius 3 is 2.47 bits per heavy atom. The van der Waals surface area contributed by atoms with E-state index in [1.54, 1.807) is 23.8 Å². The Morgan fingerprint density at radius 1 is 1.15 bits per heavy atom. The lowest BCUT2D eigenvalue weighted by Gasteiger charge is -2.38. The molecule has 1 aromatic heterocycles. The van der Waals surface area contributed by atoms with Crippen LogP contribution in [-0.2, 0) is 16.1 Å². The topological polar surface area (TPSA) is 94.9 Å². The molecule has 1 saturated heterocycles. The summed E-state index contributed by atoms with van der Waals surface area (Å²) in [6.07, 6.45) is 4.61. The van der Waals surface area contributed by atoms with Crippen LogP contribution in [0.25, 0.3) is 10.9 Å². The van der Waals surface area contributed by atoms with Crippen LogP contribution in [0.2, 0.25) is 0 Å². The van der Waals surface area contributed by atoms with Gasteiger partial charge in [0.15, 0.2) is 11.5 Å². The molecule has 2 heterocycles. The lowest BCUT2D eigenvalue weighted by Crippen LogP contribution is -2.52. The van der Waals surface area contributed by atoms with Gasteiger partial charge in [0, 0.05) is 44.7 Å². The van der Waals surface area contributed by atoms with Crippen molar-refractivity contribution >= 4 is 16.8 Å². The number of fused-ring (bicyclic) bond motifs is 1. The zero-order valence-corrected chi connectivity index (χ0v) is 20.8. The molecule has 1 fully saturated rings. The molecule has 0 spiro atoms. The average Bonchev–Trinajstić information content (AvgIpc) is 2.87. The first-order chi connectivity index (χ1) is 16.5. The summed E-state index contributed by atoms with van der Waals surface area (Å²) in [4.78, 5) is 32.3. The number of aryl methyl sites for hydroxylation is 1. The van der Waals surface area contributed by atoms with Gasteiger partial charge in [0.25, 0.3) is 5.56 Å². The van der Waals surface area contributed by atoms with Crippen LogP contribution < -0.4 is 20.3 Å². The highest BCUT2D eigenvalue weighted by molar-refractivity contribution is 5.81. The number of amides is 1. The van der Waals surface area contributed by atoms with Crippen LogP contribution in [0.3, 0.4) is 0 Å². The number of hydrogen-bond donors (Lipinski definition) is 1. The van der Waals surface area contributed by atoms with Crippen molar-refractivity contribution in [2.24, 2.45) is 5.92 Å². The zero-order valence-electron chi connectivity index (χ0n) is 20.8. The molecule has 0 bridgehead atoms. The minimum Gasteiger partial charge on any atom is -0.493 e. The van der Waals surface area contributed by atoms with E-state index in [0.717, 1.165) is 39.1 Å². The maximum Gasteiger partial charge on any atom is 0.261 e. The number of rotatable bonds is 12. The monoisotopic (exact) mass is 474 g/mol. The molecule has 9 nitrogen and oxygen atoms in total. The van der Waals surface area contributed by atoms with E-state index in [0.29, 0.717) is 60.3 Å². The summed E-state index contributed by atoms with van der Waals surface area (Å²) in [5.74, 6) is 1.56. The third-order valence-corrected chi connectivity index (χ3v) is 6.75. The molecular formula is C25H38N4O5. The molecule has 3 rings (SSSR count). The average molecular weight is 475 g/mol. The fraction of sp³-hybridized carbons (Fsp3) is 0.640. The van der Waals surface area contributed by atoms with Crippen molar-refractivity contribution in [1.29, 1.82) is 0 Å². The lowest BCUT2D eigenvalue weighted by molar-refractivity contribution is -0.121. The lowest BCUT2D eigenvalue weighted by atomic mass is 9.92. The Hall–Kier alpha value is -2.65. The van der Waals surface area contributed by atoms with Gasteiger partial charge in [0.2, 0.25) is 5.91 Å². The van der Waals surface area contributed by atoms with Gasteiger partial charge in [-0.05, 0) is 18.4 Å². The Bertz CT molecular complexity index is 999. The number of benzene rings is 1. The summed E-state index contributed by atoms with van der Waals surface area (Å²) >= 11 is 0. The fourth-order valence-electron chi connectivity index (χ4n) is 4.70. The predicted molar refractivity (Wildman–Crippen MR) is 132 cm³/mol. The smallest absolute Gasteiger partial charge is 0.261 e. The Kier molecular flexibility index (Phi) is 9.71. The fourth-order valence-corrected chi connectivity index (χ4v) is 4.70. The predicted octanol–water partition coefficient (Wildman–Crippen LogP) is 2.45. The van der Waals surface area contributed by atoms with Crippen LogP contribution in [0.15, 0.2) is 23.3 Å². The van der Waals surface area contributed by atoms with Gasteiger partial charge in [0.05, 0.1) is 44.7 Å². The van der Waals surface area contributed by atoms with Gasteiger partial charge in [-0.15, -0.1) is 0 Å². The third-order valence-electron chi connectivity index (χ3n) is 6.75. The van der Waals surface area contributed by atoms with Gasteiger partial charge in [-0.25, -0.2) is 4.98 Å². The normalized spacial score (nSPS) is 15.4. The molecule has 1 amide bonds. The zero-order chi connectivity index (χ0) is 24.5. The van der Waals surface area contributed by atoms with Crippen molar-refractivity contribution in [3.8, 4) is 11.5 Å². The number of aromatic nitrogens is 2. The molecule has 0 saturated carbocycles. The molecule has 34 heavy (non-hydrogen) atoms. The SMILES string of the molecule is CCC(CC)C(CNC(=O)CCCn1cnc2cc(OC)c(OC)cc2c1=O)N1CCOCC1. The molecular weight excluding hydrogens is 436 g/mol. The van der Waals surface area contributed by atoms with Crippen molar-refractivity contribution in [1.82, 2.24) is 19.8 Å². The summed E-state index contributed by atoms with van der Waals surface area (Å²) in [5, 5.41) is 3.59. The van der Waals surface area contributed by atoms with Crippen LogP contribution in [0.1, 0.15) is 39.5 Å². The van der Waals surface area contributed by atoms with E-state index in [9.17, 15) is 9.59 Å². The standard InChI is InChI=1S/C25H38N4O5/c1-5-18(6-2)21(28-10-12-34-13-11-28)16-26-24(30)8-7-9-29-17-27-20-15-23(33-4)22(32-3)14-19(20)25(29)31/h14-15,17-18,21H,5-13,16H2,1-4H3,(H,26,30). The van der Waals surface area contributed by atoms with Crippen molar-refractivity contribution in [2.45, 2.75) is 52.1 Å². The molecule has 1 N–H and O–H groups in total. The first-order valence-corrected chi connectivity index (χ1v) is 12.2. The van der Waals surface area contributed by atoms with Crippen LogP contribution in [0.4, 0.5) is 0 Å². The quantitative estimate of drug-likeness (QED) is 0.505. The number of carbonyl (C=O) groups excluding carboxylic acids is 1. The molecule has 0 aliphatic carbocycles. The van der Waals surface area contributed by atoms with E-state index >= 15 is 0 Å². The third kappa shape index (κ3) is 6.27. The minimum atomic E-state index is -0.160. The van der Waals surface area contributed by atoms with E-state index in [1.807, 2.05) is 0 Å². The number of methoxy groups -OCH3 is 2. The van der Waals surface area contributed by atoms with Gasteiger partial charge in [-0.3, -0.25) is 19.1 Å². The Labute approximate surface area is 201 Å². The highest BCUT2D eigenvalue weighted by atomic mass is 16.5. The molecule has 1 unspecified atom stereocenters. The number of nitrogens with zero attached hydrogens (tertiary/aromatic N) is 3. The summed E-state index contributed by atoms with van der Waals surface area (Å²) < 4.78 is 17.6.